The number of rotatable bonds is 9. The summed E-state index contributed by atoms with van der Waals surface area (Å²) in [4.78, 5) is 31.8. The molecule has 0 bridgehead atoms. The van der Waals surface area contributed by atoms with E-state index in [2.05, 4.69) is 21.8 Å². The van der Waals surface area contributed by atoms with E-state index < -0.39 is 11.8 Å². The second-order valence-corrected chi connectivity index (χ2v) is 10.3. The maximum absolute atomic E-state index is 13.9. The minimum atomic E-state index is -1.06. The molecule has 0 amide bonds. The van der Waals surface area contributed by atoms with E-state index >= 15 is 0 Å². The summed E-state index contributed by atoms with van der Waals surface area (Å²) >= 11 is 0. The summed E-state index contributed by atoms with van der Waals surface area (Å²) in [6.07, 6.45) is 5.61. The zero-order chi connectivity index (χ0) is 27.6. The van der Waals surface area contributed by atoms with E-state index in [1.807, 2.05) is 16.7 Å². The smallest absolute Gasteiger partial charge is 0.354 e. The third-order valence-corrected chi connectivity index (χ3v) is 7.87. The van der Waals surface area contributed by atoms with Gasteiger partial charge in [0, 0.05) is 36.0 Å². The van der Waals surface area contributed by atoms with Gasteiger partial charge in [-0.05, 0) is 63.5 Å². The number of likely N-dealkylation sites (tertiary alicyclic amines) is 1. The number of nitrogens with zero attached hydrogens (tertiary/aromatic N) is 6. The molecule has 1 N–H and O–H groups in total. The molecule has 0 spiro atoms. The number of aromatic nitrogens is 5. The lowest BCUT2D eigenvalue weighted by molar-refractivity contribution is -0.0595. The fourth-order valence-corrected chi connectivity index (χ4v) is 5.43. The Labute approximate surface area is 230 Å². The van der Waals surface area contributed by atoms with Crippen molar-refractivity contribution >= 4 is 17.1 Å². The molecule has 0 unspecified atom stereocenters. The normalized spacial score (nSPS) is 18.9. The molecule has 2 aliphatic rings. The summed E-state index contributed by atoms with van der Waals surface area (Å²) in [7, 11) is 0. The molecule has 6 heterocycles. The van der Waals surface area contributed by atoms with Crippen LogP contribution in [0.2, 0.25) is 0 Å². The van der Waals surface area contributed by atoms with E-state index in [-0.39, 0.29) is 30.4 Å². The third kappa shape index (κ3) is 5.39. The first-order chi connectivity index (χ1) is 19.5. The zero-order valence-electron chi connectivity index (χ0n) is 22.2. The van der Waals surface area contributed by atoms with Crippen LogP contribution in [0.4, 0.5) is 4.39 Å². The van der Waals surface area contributed by atoms with Crippen LogP contribution in [0.1, 0.15) is 65.7 Å². The fraction of sp³-hybridized carbons (Fsp3) is 0.414. The molecule has 0 aliphatic carbocycles. The number of imidazole rings is 1. The van der Waals surface area contributed by atoms with Crippen molar-refractivity contribution in [2.24, 2.45) is 0 Å². The Kier molecular flexibility index (Phi) is 7.40. The fourth-order valence-electron chi connectivity index (χ4n) is 5.43. The highest BCUT2D eigenvalue weighted by atomic mass is 19.1. The first-order valence-electron chi connectivity index (χ1n) is 13.6. The van der Waals surface area contributed by atoms with E-state index in [0.717, 1.165) is 50.5 Å². The first kappa shape index (κ1) is 26.3. The van der Waals surface area contributed by atoms with Crippen molar-refractivity contribution in [1.82, 2.24) is 29.4 Å². The van der Waals surface area contributed by atoms with E-state index in [1.54, 1.807) is 24.4 Å². The van der Waals surface area contributed by atoms with Crippen LogP contribution in [-0.2, 0) is 17.9 Å². The first-order valence-corrected chi connectivity index (χ1v) is 13.6. The van der Waals surface area contributed by atoms with Gasteiger partial charge in [0.2, 0.25) is 5.88 Å². The highest BCUT2D eigenvalue weighted by Gasteiger charge is 2.30. The van der Waals surface area contributed by atoms with Crippen LogP contribution in [0.15, 0.2) is 48.8 Å². The number of pyridine rings is 3. The lowest BCUT2D eigenvalue weighted by atomic mass is 9.92. The summed E-state index contributed by atoms with van der Waals surface area (Å²) in [6.45, 7) is 5.29. The number of carboxylic acid groups (broad SMARTS) is 1. The summed E-state index contributed by atoms with van der Waals surface area (Å²) in [5.74, 6) is 0.179. The van der Waals surface area contributed by atoms with Gasteiger partial charge < -0.3 is 19.1 Å². The minimum absolute atomic E-state index is 0.00724. The minimum Gasteiger partial charge on any atom is -0.477 e. The number of fused-ring (bicyclic) bond motifs is 1. The van der Waals surface area contributed by atoms with Crippen LogP contribution < -0.4 is 4.74 Å². The Bertz CT molecular complexity index is 1520. The van der Waals surface area contributed by atoms with Gasteiger partial charge in [0.05, 0.1) is 24.9 Å². The number of ether oxygens (including phenoxy) is 2. The maximum Gasteiger partial charge on any atom is 0.354 e. The molecule has 2 fully saturated rings. The van der Waals surface area contributed by atoms with E-state index in [9.17, 15) is 14.3 Å². The summed E-state index contributed by atoms with van der Waals surface area (Å²) in [5.41, 5.74) is 2.69. The standard InChI is InChI=1S/C29H31FN6O4/c1-18(27-33-24-5-6-25(29(37)38)34-28(24)36(27)16-21-10-14-39-21)35-12-8-19(9-13-35)23-3-2-4-26(32-23)40-17-20-7-11-31-15-22(20)30/h2-7,11,15,18-19,21H,8-10,12-14,16-17H2,1H3,(H,37,38)/t18-,21-/m0/s1. The molecule has 4 aromatic heterocycles. The molecule has 0 saturated carbocycles. The second kappa shape index (κ2) is 11.3. The van der Waals surface area contributed by atoms with Gasteiger partial charge in [-0.1, -0.05) is 6.07 Å². The molecule has 2 saturated heterocycles. The van der Waals surface area contributed by atoms with Gasteiger partial charge in [0.15, 0.2) is 11.3 Å². The zero-order valence-corrected chi connectivity index (χ0v) is 22.2. The average molecular weight is 547 g/mol. The molecule has 0 radical (unpaired) electrons. The molecular formula is C29H31FN6O4. The van der Waals surface area contributed by atoms with Gasteiger partial charge in [0.1, 0.15) is 23.8 Å². The number of carbonyl (C=O) groups is 1. The van der Waals surface area contributed by atoms with Crippen LogP contribution in [-0.4, -0.2) is 66.3 Å². The predicted octanol–water partition coefficient (Wildman–Crippen LogP) is 4.37. The van der Waals surface area contributed by atoms with Gasteiger partial charge in [-0.3, -0.25) is 9.88 Å². The molecule has 2 atom stereocenters. The molecular weight excluding hydrogens is 515 g/mol. The largest absolute Gasteiger partial charge is 0.477 e. The Morgan fingerprint density at radius 2 is 1.98 bits per heavy atom. The van der Waals surface area contributed by atoms with Crippen molar-refractivity contribution in [3.63, 3.8) is 0 Å². The van der Waals surface area contributed by atoms with Crippen molar-refractivity contribution < 1.29 is 23.8 Å². The van der Waals surface area contributed by atoms with Crippen LogP contribution in [0.3, 0.4) is 0 Å². The summed E-state index contributed by atoms with van der Waals surface area (Å²) < 4.78 is 27.4. The number of piperidine rings is 1. The molecule has 4 aromatic rings. The molecule has 40 heavy (non-hydrogen) atoms. The highest BCUT2D eigenvalue weighted by molar-refractivity contribution is 5.88. The van der Waals surface area contributed by atoms with Gasteiger partial charge >= 0.3 is 5.97 Å². The van der Waals surface area contributed by atoms with Crippen LogP contribution >= 0.6 is 0 Å². The molecule has 0 aromatic carbocycles. The monoisotopic (exact) mass is 546 g/mol. The number of carboxylic acids is 1. The molecule has 10 nitrogen and oxygen atoms in total. The number of halogens is 1. The van der Waals surface area contributed by atoms with E-state index in [1.165, 1.54) is 12.3 Å². The van der Waals surface area contributed by atoms with E-state index in [4.69, 9.17) is 19.4 Å². The Balaban J connectivity index is 1.14. The molecule has 6 rings (SSSR count). The molecule has 11 heteroatoms. The second-order valence-electron chi connectivity index (χ2n) is 10.3. The van der Waals surface area contributed by atoms with Crippen LogP contribution in [0.25, 0.3) is 11.2 Å². The van der Waals surface area contributed by atoms with Crippen LogP contribution in [0, 0.1) is 5.82 Å². The van der Waals surface area contributed by atoms with Crippen molar-refractivity contribution in [1.29, 1.82) is 0 Å². The number of hydrogen-bond acceptors (Lipinski definition) is 8. The molecule has 208 valence electrons. The van der Waals surface area contributed by atoms with Gasteiger partial charge in [-0.2, -0.15) is 0 Å². The SMILES string of the molecule is C[C@@H](c1nc2ccc(C(=O)O)nc2n1C[C@@H]1CCO1)N1CCC(c2cccc(OCc3ccncc3F)n2)CC1. The van der Waals surface area contributed by atoms with Crippen molar-refractivity contribution in [2.75, 3.05) is 19.7 Å². The third-order valence-electron chi connectivity index (χ3n) is 7.87. The Morgan fingerprint density at radius 1 is 1.15 bits per heavy atom. The van der Waals surface area contributed by atoms with E-state index in [0.29, 0.717) is 29.2 Å². The van der Waals surface area contributed by atoms with Crippen molar-refractivity contribution in [3.8, 4) is 5.88 Å². The number of aromatic carboxylic acids is 1. The van der Waals surface area contributed by atoms with Crippen molar-refractivity contribution in [3.05, 3.63) is 77.4 Å². The topological polar surface area (TPSA) is 115 Å². The number of hydrogen-bond donors (Lipinski definition) is 1. The highest BCUT2D eigenvalue weighted by Crippen LogP contribution is 2.33. The maximum atomic E-state index is 13.9. The van der Waals surface area contributed by atoms with Crippen molar-refractivity contribution in [2.45, 2.75) is 57.4 Å². The van der Waals surface area contributed by atoms with Gasteiger partial charge in [-0.25, -0.2) is 24.1 Å². The lowest BCUT2D eigenvalue weighted by Crippen LogP contribution is -2.37. The predicted molar refractivity (Wildman–Crippen MR) is 144 cm³/mol. The molecule has 2 aliphatic heterocycles. The lowest BCUT2D eigenvalue weighted by Gasteiger charge is -2.36. The van der Waals surface area contributed by atoms with Gasteiger partial charge in [-0.15, -0.1) is 0 Å². The summed E-state index contributed by atoms with van der Waals surface area (Å²) in [6, 6.07) is 10.6. The quantitative estimate of drug-likeness (QED) is 0.327. The summed E-state index contributed by atoms with van der Waals surface area (Å²) in [5, 5.41) is 9.47. The Morgan fingerprint density at radius 3 is 2.70 bits per heavy atom. The van der Waals surface area contributed by atoms with Gasteiger partial charge in [0.25, 0.3) is 0 Å². The average Bonchev–Trinajstić information content (AvgIpc) is 3.32. The Hall–Kier alpha value is -3.96. The van der Waals surface area contributed by atoms with Crippen LogP contribution in [0.5, 0.6) is 5.88 Å².